The van der Waals surface area contributed by atoms with E-state index in [0.29, 0.717) is 42.9 Å². The molecule has 4 rings (SSSR count). The molecule has 194 valence electrons. The van der Waals surface area contributed by atoms with Gasteiger partial charge in [-0.2, -0.15) is 0 Å². The first-order valence-corrected chi connectivity index (χ1v) is 14.2. The zero-order chi connectivity index (χ0) is 26.6. The number of sulfonamides is 1. The van der Waals surface area contributed by atoms with E-state index in [1.54, 1.807) is 37.3 Å². The molecule has 8 nitrogen and oxygen atoms in total. The van der Waals surface area contributed by atoms with E-state index in [0.717, 1.165) is 10.0 Å². The number of hydrogen-bond acceptors (Lipinski definition) is 5. The van der Waals surface area contributed by atoms with Crippen molar-refractivity contribution >= 4 is 49.1 Å². The van der Waals surface area contributed by atoms with Crippen LogP contribution in [0.4, 0.5) is 11.4 Å². The number of hydrogen-bond donors (Lipinski definition) is 3. The van der Waals surface area contributed by atoms with Crippen LogP contribution in [0.1, 0.15) is 41.7 Å². The molecule has 0 spiro atoms. The molecule has 2 amide bonds. The van der Waals surface area contributed by atoms with E-state index < -0.39 is 16.1 Å². The highest BCUT2D eigenvalue weighted by Gasteiger charge is 2.29. The van der Waals surface area contributed by atoms with Crippen LogP contribution in [0.5, 0.6) is 0 Å². The smallest absolute Gasteiger partial charge is 0.255 e. The van der Waals surface area contributed by atoms with Crippen LogP contribution < -0.4 is 20.7 Å². The lowest BCUT2D eigenvalue weighted by Gasteiger charge is -2.33. The van der Waals surface area contributed by atoms with Crippen LogP contribution in [0.2, 0.25) is 0 Å². The van der Waals surface area contributed by atoms with E-state index in [2.05, 4.69) is 26.0 Å². The van der Waals surface area contributed by atoms with Crippen molar-refractivity contribution in [2.45, 2.75) is 30.7 Å². The predicted octanol–water partition coefficient (Wildman–Crippen LogP) is 4.44. The lowest BCUT2D eigenvalue weighted by atomic mass is 9.96. The highest BCUT2D eigenvalue weighted by Crippen LogP contribution is 2.33. The second-order valence-electron chi connectivity index (χ2n) is 9.06. The zero-order valence-corrected chi connectivity index (χ0v) is 22.8. The Morgan fingerprint density at radius 2 is 1.70 bits per heavy atom. The maximum absolute atomic E-state index is 13.7. The van der Waals surface area contributed by atoms with Gasteiger partial charge in [0.1, 0.15) is 4.90 Å². The summed E-state index contributed by atoms with van der Waals surface area (Å²) in [6.45, 7) is 2.77. The summed E-state index contributed by atoms with van der Waals surface area (Å²) in [5.41, 5.74) is 7.61. The number of nitrogens with one attached hydrogen (secondary N) is 2. The quantitative estimate of drug-likeness (QED) is 0.361. The average molecular weight is 586 g/mol. The molecule has 3 aromatic rings. The Labute approximate surface area is 225 Å². The topological polar surface area (TPSA) is 122 Å². The van der Waals surface area contributed by atoms with Gasteiger partial charge in [-0.05, 0) is 61.7 Å². The van der Waals surface area contributed by atoms with E-state index in [-0.39, 0.29) is 22.6 Å². The Morgan fingerprint density at radius 3 is 2.35 bits per heavy atom. The maximum Gasteiger partial charge on any atom is 0.255 e. The van der Waals surface area contributed by atoms with Crippen molar-refractivity contribution in [3.8, 4) is 0 Å². The number of rotatable bonds is 8. The molecule has 1 saturated heterocycles. The Kier molecular flexibility index (Phi) is 8.31. The van der Waals surface area contributed by atoms with Gasteiger partial charge in [-0.15, -0.1) is 0 Å². The van der Waals surface area contributed by atoms with Crippen molar-refractivity contribution in [1.82, 2.24) is 4.72 Å². The number of benzene rings is 3. The summed E-state index contributed by atoms with van der Waals surface area (Å²) >= 11 is 3.36. The molecule has 1 heterocycles. The Bertz CT molecular complexity index is 1390. The Morgan fingerprint density at radius 1 is 1.00 bits per heavy atom. The first-order chi connectivity index (χ1) is 17.6. The molecule has 0 aromatic heterocycles. The number of halogens is 1. The summed E-state index contributed by atoms with van der Waals surface area (Å²) < 4.78 is 30.9. The largest absolute Gasteiger partial charge is 0.370 e. The molecule has 10 heteroatoms. The van der Waals surface area contributed by atoms with Gasteiger partial charge >= 0.3 is 0 Å². The Balaban J connectivity index is 1.66. The molecular formula is C27H29BrN4O4S. The fourth-order valence-corrected chi connectivity index (χ4v) is 6.29. The van der Waals surface area contributed by atoms with Gasteiger partial charge < -0.3 is 16.0 Å². The number of carbonyl (C=O) groups is 2. The van der Waals surface area contributed by atoms with Gasteiger partial charge in [0.15, 0.2) is 0 Å². The van der Waals surface area contributed by atoms with Crippen molar-refractivity contribution in [2.75, 3.05) is 23.3 Å². The average Bonchev–Trinajstić information content (AvgIpc) is 2.89. The zero-order valence-electron chi connectivity index (χ0n) is 20.4. The fourth-order valence-electron chi connectivity index (χ4n) is 4.41. The molecule has 0 bridgehead atoms. The van der Waals surface area contributed by atoms with Crippen molar-refractivity contribution in [3.63, 3.8) is 0 Å². The molecule has 1 aliphatic heterocycles. The first-order valence-electron chi connectivity index (χ1n) is 12.0. The molecule has 37 heavy (non-hydrogen) atoms. The molecule has 1 aliphatic rings. The van der Waals surface area contributed by atoms with E-state index in [4.69, 9.17) is 5.73 Å². The number of primary amides is 1. The second kappa shape index (κ2) is 11.5. The summed E-state index contributed by atoms with van der Waals surface area (Å²) in [5.74, 6) is -0.918. The normalized spacial score (nSPS) is 15.2. The third kappa shape index (κ3) is 6.57. The van der Waals surface area contributed by atoms with Crippen molar-refractivity contribution < 1.29 is 18.0 Å². The third-order valence-corrected chi connectivity index (χ3v) is 8.53. The van der Waals surface area contributed by atoms with Crippen molar-refractivity contribution in [3.05, 3.63) is 88.4 Å². The monoisotopic (exact) mass is 584 g/mol. The second-order valence-corrected chi connectivity index (χ2v) is 11.7. The highest BCUT2D eigenvalue weighted by molar-refractivity contribution is 9.10. The number of amides is 2. The van der Waals surface area contributed by atoms with Crippen LogP contribution >= 0.6 is 15.9 Å². The summed E-state index contributed by atoms with van der Waals surface area (Å²) in [4.78, 5) is 26.4. The van der Waals surface area contributed by atoms with Crippen molar-refractivity contribution in [1.29, 1.82) is 0 Å². The summed E-state index contributed by atoms with van der Waals surface area (Å²) in [7, 11) is -3.99. The van der Waals surface area contributed by atoms with Gasteiger partial charge in [-0.25, -0.2) is 13.1 Å². The molecular weight excluding hydrogens is 556 g/mol. The van der Waals surface area contributed by atoms with Gasteiger partial charge in [-0.3, -0.25) is 9.59 Å². The molecule has 1 atom stereocenters. The fraction of sp³-hybridized carbons (Fsp3) is 0.259. The summed E-state index contributed by atoms with van der Waals surface area (Å²) in [5, 5.41) is 2.80. The molecule has 0 aliphatic carbocycles. The van der Waals surface area contributed by atoms with Crippen LogP contribution in [0.15, 0.2) is 82.2 Å². The van der Waals surface area contributed by atoms with Crippen LogP contribution in [-0.4, -0.2) is 33.3 Å². The molecule has 0 saturated carbocycles. The van der Waals surface area contributed by atoms with E-state index in [9.17, 15) is 18.0 Å². The number of nitrogens with zero attached hydrogens (tertiary/aromatic N) is 1. The predicted molar refractivity (Wildman–Crippen MR) is 148 cm³/mol. The van der Waals surface area contributed by atoms with Crippen LogP contribution in [-0.2, 0) is 14.8 Å². The standard InChI is InChI=1S/C27H29BrN4O4S/c1-18(19-6-3-2-4-7-19)31-37(35,36)25-17-23(30-27(34)21-8-5-9-22(28)16-21)10-11-24(25)32-14-12-20(13-15-32)26(29)33/h2-11,16-18,20,31H,12-15H2,1H3,(H2,29,33)(H,30,34)/t18-/m1/s1. The molecule has 3 aromatic carbocycles. The number of anilines is 2. The van der Waals surface area contributed by atoms with Gasteiger partial charge in [0, 0.05) is 40.8 Å². The van der Waals surface area contributed by atoms with Gasteiger partial charge in [0.05, 0.1) is 5.69 Å². The van der Waals surface area contributed by atoms with Crippen LogP contribution in [0.3, 0.4) is 0 Å². The van der Waals surface area contributed by atoms with Gasteiger partial charge in [-0.1, -0.05) is 52.3 Å². The van der Waals surface area contributed by atoms with E-state index in [1.807, 2.05) is 41.3 Å². The van der Waals surface area contributed by atoms with Crippen LogP contribution in [0, 0.1) is 5.92 Å². The number of piperidine rings is 1. The summed E-state index contributed by atoms with van der Waals surface area (Å²) in [6.07, 6.45) is 1.09. The third-order valence-electron chi connectivity index (χ3n) is 6.46. The molecule has 0 radical (unpaired) electrons. The first kappa shape index (κ1) is 26.8. The van der Waals surface area contributed by atoms with E-state index >= 15 is 0 Å². The highest BCUT2D eigenvalue weighted by atomic mass is 79.9. The van der Waals surface area contributed by atoms with Crippen LogP contribution in [0.25, 0.3) is 0 Å². The minimum Gasteiger partial charge on any atom is -0.370 e. The molecule has 4 N–H and O–H groups in total. The van der Waals surface area contributed by atoms with Crippen molar-refractivity contribution in [2.24, 2.45) is 11.7 Å². The van der Waals surface area contributed by atoms with E-state index in [1.165, 1.54) is 6.07 Å². The number of carbonyl (C=O) groups excluding carboxylic acids is 2. The lowest BCUT2D eigenvalue weighted by molar-refractivity contribution is -0.122. The number of nitrogens with two attached hydrogens (primary N) is 1. The SMILES string of the molecule is C[C@@H](NS(=O)(=O)c1cc(NC(=O)c2cccc(Br)c2)ccc1N1CCC(C(N)=O)CC1)c1ccccc1. The Hall–Kier alpha value is -3.21. The maximum atomic E-state index is 13.7. The van der Waals surface area contributed by atoms with Gasteiger partial charge in [0.2, 0.25) is 15.9 Å². The summed E-state index contributed by atoms with van der Waals surface area (Å²) in [6, 6.07) is 20.6. The van der Waals surface area contributed by atoms with Gasteiger partial charge in [0.25, 0.3) is 5.91 Å². The molecule has 1 fully saturated rings. The minimum absolute atomic E-state index is 0.0554. The minimum atomic E-state index is -3.99. The lowest BCUT2D eigenvalue weighted by Crippen LogP contribution is -2.39. The molecule has 0 unspecified atom stereocenters.